The summed E-state index contributed by atoms with van der Waals surface area (Å²) in [6, 6.07) is 12.4. The van der Waals surface area contributed by atoms with Crippen LogP contribution >= 0.6 is 0 Å². The number of aryl methyl sites for hydroxylation is 1. The first-order valence-corrected chi connectivity index (χ1v) is 7.45. The molecule has 1 amide bonds. The number of halogens is 3. The van der Waals surface area contributed by atoms with Gasteiger partial charge >= 0.3 is 6.18 Å². The number of likely N-dealkylation sites (N-methyl/N-ethyl adjacent to an activating group) is 1. The summed E-state index contributed by atoms with van der Waals surface area (Å²) >= 11 is 0. The lowest BCUT2D eigenvalue weighted by molar-refractivity contribution is -0.137. The third-order valence-electron chi connectivity index (χ3n) is 3.48. The number of amides is 1. The highest BCUT2D eigenvalue weighted by molar-refractivity contribution is 5.92. The summed E-state index contributed by atoms with van der Waals surface area (Å²) in [5.41, 5.74) is 1.86. The van der Waals surface area contributed by atoms with Gasteiger partial charge in [0, 0.05) is 12.2 Å². The number of anilines is 1. The highest BCUT2D eigenvalue weighted by Gasteiger charge is 2.29. The Hall–Kier alpha value is -2.34. The summed E-state index contributed by atoms with van der Waals surface area (Å²) in [6.07, 6.45) is -4.33. The van der Waals surface area contributed by atoms with E-state index in [4.69, 9.17) is 0 Å². The molecular formula is C18H19F3N2O. The van der Waals surface area contributed by atoms with Crippen molar-refractivity contribution in [3.63, 3.8) is 0 Å². The Balaban J connectivity index is 1.87. The van der Waals surface area contributed by atoms with Crippen LogP contribution in [0.15, 0.2) is 48.5 Å². The highest BCUT2D eigenvalue weighted by Crippen LogP contribution is 2.29. The number of benzene rings is 2. The minimum absolute atomic E-state index is 0.148. The topological polar surface area (TPSA) is 32.3 Å². The Kier molecular flexibility index (Phi) is 5.62. The van der Waals surface area contributed by atoms with Gasteiger partial charge in [-0.2, -0.15) is 13.2 Å². The molecule has 2 aromatic rings. The molecule has 128 valence electrons. The first-order valence-electron chi connectivity index (χ1n) is 7.45. The fourth-order valence-corrected chi connectivity index (χ4v) is 2.25. The molecule has 1 N–H and O–H groups in total. The highest BCUT2D eigenvalue weighted by atomic mass is 19.4. The predicted octanol–water partition coefficient (Wildman–Crippen LogP) is 4.08. The smallest absolute Gasteiger partial charge is 0.325 e. The molecule has 6 heteroatoms. The zero-order chi connectivity index (χ0) is 17.7. The number of alkyl halides is 3. The van der Waals surface area contributed by atoms with Crippen molar-refractivity contribution in [3.05, 3.63) is 65.2 Å². The number of rotatable bonds is 5. The van der Waals surface area contributed by atoms with Gasteiger partial charge in [-0.25, -0.2) is 0 Å². The van der Waals surface area contributed by atoms with E-state index in [1.165, 1.54) is 12.1 Å². The number of nitrogens with one attached hydrogen (secondary N) is 1. The molecule has 0 atom stereocenters. The van der Waals surface area contributed by atoms with Crippen LogP contribution in [0.5, 0.6) is 0 Å². The van der Waals surface area contributed by atoms with Crippen LogP contribution in [0, 0.1) is 6.92 Å². The number of nitrogens with zero attached hydrogens (tertiary/aromatic N) is 1. The molecule has 24 heavy (non-hydrogen) atoms. The Labute approximate surface area is 139 Å². The lowest BCUT2D eigenvalue weighted by Crippen LogP contribution is -2.29. The maximum atomic E-state index is 12.5. The van der Waals surface area contributed by atoms with E-state index in [1.807, 2.05) is 31.2 Å². The van der Waals surface area contributed by atoms with Crippen LogP contribution < -0.4 is 5.32 Å². The van der Waals surface area contributed by atoms with Crippen LogP contribution in [-0.2, 0) is 17.5 Å². The standard InChI is InChI=1S/C18H19F3N2O/c1-13-3-9-16(10-4-13)22-17(24)12-23(2)11-14-5-7-15(8-6-14)18(19,20)21/h3-10H,11-12H2,1-2H3,(H,22,24). The van der Waals surface area contributed by atoms with Crippen LogP contribution in [0.25, 0.3) is 0 Å². The number of carbonyl (C=O) groups excluding carboxylic acids is 1. The normalized spacial score (nSPS) is 11.6. The fraction of sp³-hybridized carbons (Fsp3) is 0.278. The molecule has 0 aliphatic heterocycles. The molecule has 2 aromatic carbocycles. The fourth-order valence-electron chi connectivity index (χ4n) is 2.25. The summed E-state index contributed by atoms with van der Waals surface area (Å²) in [5.74, 6) is -0.173. The summed E-state index contributed by atoms with van der Waals surface area (Å²) in [5, 5.41) is 2.79. The van der Waals surface area contributed by atoms with E-state index in [9.17, 15) is 18.0 Å². The average Bonchev–Trinajstić information content (AvgIpc) is 2.49. The van der Waals surface area contributed by atoms with Crippen molar-refractivity contribution in [1.82, 2.24) is 4.90 Å². The zero-order valence-corrected chi connectivity index (χ0v) is 13.5. The molecule has 3 nitrogen and oxygen atoms in total. The first-order chi connectivity index (χ1) is 11.2. The second kappa shape index (κ2) is 7.49. The largest absolute Gasteiger partial charge is 0.416 e. The van der Waals surface area contributed by atoms with Gasteiger partial charge in [0.2, 0.25) is 5.91 Å². The summed E-state index contributed by atoms with van der Waals surface area (Å²) in [7, 11) is 1.74. The van der Waals surface area contributed by atoms with Gasteiger partial charge in [0.1, 0.15) is 0 Å². The Morgan fingerprint density at radius 1 is 1.04 bits per heavy atom. The predicted molar refractivity (Wildman–Crippen MR) is 87.6 cm³/mol. The van der Waals surface area contributed by atoms with Crippen molar-refractivity contribution in [2.45, 2.75) is 19.6 Å². The van der Waals surface area contributed by atoms with E-state index in [-0.39, 0.29) is 12.5 Å². The molecule has 0 aliphatic carbocycles. The van der Waals surface area contributed by atoms with Crippen molar-refractivity contribution < 1.29 is 18.0 Å². The Bertz CT molecular complexity index is 679. The SMILES string of the molecule is Cc1ccc(NC(=O)CN(C)Cc2ccc(C(F)(F)F)cc2)cc1. The van der Waals surface area contributed by atoms with Gasteiger partial charge in [-0.05, 0) is 43.8 Å². The van der Waals surface area contributed by atoms with Gasteiger partial charge in [0.15, 0.2) is 0 Å². The molecule has 0 saturated carbocycles. The quantitative estimate of drug-likeness (QED) is 0.892. The van der Waals surface area contributed by atoms with Crippen molar-refractivity contribution >= 4 is 11.6 Å². The summed E-state index contributed by atoms with van der Waals surface area (Å²) < 4.78 is 37.6. The molecule has 0 bridgehead atoms. The van der Waals surface area contributed by atoms with Crippen LogP contribution in [0.3, 0.4) is 0 Å². The number of carbonyl (C=O) groups is 1. The second-order valence-electron chi connectivity index (χ2n) is 5.78. The molecule has 0 aliphatic rings. The minimum Gasteiger partial charge on any atom is -0.325 e. The van der Waals surface area contributed by atoms with E-state index in [0.29, 0.717) is 17.8 Å². The first kappa shape index (κ1) is 18.0. The zero-order valence-electron chi connectivity index (χ0n) is 13.5. The van der Waals surface area contributed by atoms with Crippen LogP contribution in [0.1, 0.15) is 16.7 Å². The molecular weight excluding hydrogens is 317 g/mol. The number of hydrogen-bond donors (Lipinski definition) is 1. The lowest BCUT2D eigenvalue weighted by Gasteiger charge is -2.17. The van der Waals surface area contributed by atoms with Gasteiger partial charge in [0.05, 0.1) is 12.1 Å². The molecule has 2 rings (SSSR count). The van der Waals surface area contributed by atoms with E-state index >= 15 is 0 Å². The van der Waals surface area contributed by atoms with E-state index in [0.717, 1.165) is 17.7 Å². The molecule has 0 radical (unpaired) electrons. The third-order valence-corrected chi connectivity index (χ3v) is 3.48. The number of hydrogen-bond acceptors (Lipinski definition) is 2. The van der Waals surface area contributed by atoms with Gasteiger partial charge in [-0.15, -0.1) is 0 Å². The lowest BCUT2D eigenvalue weighted by atomic mass is 10.1. The minimum atomic E-state index is -4.33. The van der Waals surface area contributed by atoms with Gasteiger partial charge < -0.3 is 5.32 Å². The van der Waals surface area contributed by atoms with E-state index in [2.05, 4.69) is 5.32 Å². The van der Waals surface area contributed by atoms with Crippen molar-refractivity contribution in [2.75, 3.05) is 18.9 Å². The van der Waals surface area contributed by atoms with Gasteiger partial charge in [-0.1, -0.05) is 29.8 Å². The summed E-state index contributed by atoms with van der Waals surface area (Å²) in [4.78, 5) is 13.7. The maximum Gasteiger partial charge on any atom is 0.416 e. The molecule has 0 unspecified atom stereocenters. The van der Waals surface area contributed by atoms with Gasteiger partial charge in [0.25, 0.3) is 0 Å². The Morgan fingerprint density at radius 2 is 1.62 bits per heavy atom. The maximum absolute atomic E-state index is 12.5. The van der Waals surface area contributed by atoms with Crippen molar-refractivity contribution in [3.8, 4) is 0 Å². The summed E-state index contributed by atoms with van der Waals surface area (Å²) in [6.45, 7) is 2.50. The van der Waals surface area contributed by atoms with Crippen LogP contribution in [0.2, 0.25) is 0 Å². The van der Waals surface area contributed by atoms with Crippen LogP contribution in [0.4, 0.5) is 18.9 Å². The van der Waals surface area contributed by atoms with E-state index in [1.54, 1.807) is 11.9 Å². The van der Waals surface area contributed by atoms with Crippen molar-refractivity contribution in [2.24, 2.45) is 0 Å². The Morgan fingerprint density at radius 3 is 2.17 bits per heavy atom. The second-order valence-corrected chi connectivity index (χ2v) is 5.78. The average molecular weight is 336 g/mol. The van der Waals surface area contributed by atoms with Crippen molar-refractivity contribution in [1.29, 1.82) is 0 Å². The molecule has 0 heterocycles. The molecule has 0 saturated heterocycles. The molecule has 0 spiro atoms. The van der Waals surface area contributed by atoms with E-state index < -0.39 is 11.7 Å². The molecule has 0 aromatic heterocycles. The monoisotopic (exact) mass is 336 g/mol. The molecule has 0 fully saturated rings. The van der Waals surface area contributed by atoms with Gasteiger partial charge in [-0.3, -0.25) is 9.69 Å². The third kappa shape index (κ3) is 5.38. The van der Waals surface area contributed by atoms with Crippen LogP contribution in [-0.4, -0.2) is 24.4 Å².